The van der Waals surface area contributed by atoms with Gasteiger partial charge < -0.3 is 5.11 Å². The molecule has 74 valence electrons. The second-order valence-electron chi connectivity index (χ2n) is 4.44. The molecule has 0 aromatic rings. The van der Waals surface area contributed by atoms with Gasteiger partial charge in [-0.25, -0.2) is 0 Å². The maximum Gasteiger partial charge on any atom is 0.0568 e. The standard InChI is InChI=1S/C11H24O/c1-6-7-8-11(5,9(2)3)10(4)12/h9-10,12H,6-8H2,1-5H3/t10-,11+/m0/s1. The summed E-state index contributed by atoms with van der Waals surface area (Å²) in [5.41, 5.74) is 0.107. The largest absolute Gasteiger partial charge is 0.393 e. The van der Waals surface area contributed by atoms with Crippen LogP contribution in [0.15, 0.2) is 0 Å². The zero-order valence-corrected chi connectivity index (χ0v) is 9.22. The number of unbranched alkanes of at least 4 members (excludes halogenated alkanes) is 1. The van der Waals surface area contributed by atoms with Gasteiger partial charge in [-0.2, -0.15) is 0 Å². The minimum atomic E-state index is -0.191. The summed E-state index contributed by atoms with van der Waals surface area (Å²) in [6, 6.07) is 0. The van der Waals surface area contributed by atoms with E-state index in [0.29, 0.717) is 5.92 Å². The van der Waals surface area contributed by atoms with E-state index >= 15 is 0 Å². The van der Waals surface area contributed by atoms with E-state index in [4.69, 9.17) is 0 Å². The number of hydrogen-bond acceptors (Lipinski definition) is 1. The summed E-state index contributed by atoms with van der Waals surface area (Å²) in [5, 5.41) is 9.67. The topological polar surface area (TPSA) is 20.2 Å². The van der Waals surface area contributed by atoms with E-state index < -0.39 is 0 Å². The van der Waals surface area contributed by atoms with Crippen molar-refractivity contribution in [2.24, 2.45) is 11.3 Å². The van der Waals surface area contributed by atoms with Gasteiger partial charge in [0.05, 0.1) is 6.10 Å². The van der Waals surface area contributed by atoms with Crippen LogP contribution in [0.3, 0.4) is 0 Å². The molecule has 0 aliphatic carbocycles. The normalized spacial score (nSPS) is 19.2. The second kappa shape index (κ2) is 4.86. The lowest BCUT2D eigenvalue weighted by atomic mass is 9.71. The first-order valence-electron chi connectivity index (χ1n) is 5.13. The first-order valence-corrected chi connectivity index (χ1v) is 5.13. The summed E-state index contributed by atoms with van der Waals surface area (Å²) in [6.45, 7) is 10.7. The zero-order chi connectivity index (χ0) is 9.78. The fraction of sp³-hybridized carbons (Fsp3) is 1.00. The Morgan fingerprint density at radius 1 is 1.25 bits per heavy atom. The third-order valence-corrected chi connectivity index (χ3v) is 3.34. The Morgan fingerprint density at radius 2 is 1.75 bits per heavy atom. The van der Waals surface area contributed by atoms with Crippen LogP contribution < -0.4 is 0 Å². The van der Waals surface area contributed by atoms with Crippen molar-refractivity contribution in [3.63, 3.8) is 0 Å². The summed E-state index contributed by atoms with van der Waals surface area (Å²) in [7, 11) is 0. The Hall–Kier alpha value is -0.0400. The zero-order valence-electron chi connectivity index (χ0n) is 9.22. The first kappa shape index (κ1) is 12.0. The van der Waals surface area contributed by atoms with Gasteiger partial charge >= 0.3 is 0 Å². The van der Waals surface area contributed by atoms with Crippen molar-refractivity contribution < 1.29 is 5.11 Å². The first-order chi connectivity index (χ1) is 5.45. The van der Waals surface area contributed by atoms with Crippen molar-refractivity contribution in [2.75, 3.05) is 0 Å². The van der Waals surface area contributed by atoms with Gasteiger partial charge in [0.25, 0.3) is 0 Å². The molecule has 0 rings (SSSR count). The molecule has 0 aliphatic rings. The molecule has 12 heavy (non-hydrogen) atoms. The van der Waals surface area contributed by atoms with Gasteiger partial charge in [-0.15, -0.1) is 0 Å². The molecule has 1 N–H and O–H groups in total. The van der Waals surface area contributed by atoms with Crippen LogP contribution in [0.4, 0.5) is 0 Å². The van der Waals surface area contributed by atoms with Gasteiger partial charge in [-0.05, 0) is 24.7 Å². The van der Waals surface area contributed by atoms with E-state index in [-0.39, 0.29) is 11.5 Å². The number of aliphatic hydroxyl groups is 1. The maximum absolute atomic E-state index is 9.67. The van der Waals surface area contributed by atoms with Crippen molar-refractivity contribution >= 4 is 0 Å². The molecule has 0 saturated heterocycles. The van der Waals surface area contributed by atoms with E-state index in [0.717, 1.165) is 6.42 Å². The van der Waals surface area contributed by atoms with Crippen LogP contribution in [-0.4, -0.2) is 11.2 Å². The van der Waals surface area contributed by atoms with E-state index in [1.54, 1.807) is 0 Å². The highest BCUT2D eigenvalue weighted by Gasteiger charge is 2.32. The predicted octanol–water partition coefficient (Wildman–Crippen LogP) is 3.22. The Morgan fingerprint density at radius 3 is 2.00 bits per heavy atom. The molecule has 0 spiro atoms. The minimum Gasteiger partial charge on any atom is -0.393 e. The van der Waals surface area contributed by atoms with Gasteiger partial charge in [-0.3, -0.25) is 0 Å². The van der Waals surface area contributed by atoms with E-state index in [1.165, 1.54) is 12.8 Å². The summed E-state index contributed by atoms with van der Waals surface area (Å²) in [6.07, 6.45) is 3.39. The smallest absolute Gasteiger partial charge is 0.0568 e. The summed E-state index contributed by atoms with van der Waals surface area (Å²) < 4.78 is 0. The summed E-state index contributed by atoms with van der Waals surface area (Å²) in [4.78, 5) is 0. The molecule has 0 radical (unpaired) electrons. The molecular weight excluding hydrogens is 148 g/mol. The van der Waals surface area contributed by atoms with Crippen LogP contribution in [-0.2, 0) is 0 Å². The number of rotatable bonds is 5. The molecule has 0 aromatic carbocycles. The number of aliphatic hydroxyl groups excluding tert-OH is 1. The van der Waals surface area contributed by atoms with Crippen LogP contribution in [0, 0.1) is 11.3 Å². The van der Waals surface area contributed by atoms with Crippen molar-refractivity contribution in [3.8, 4) is 0 Å². The van der Waals surface area contributed by atoms with Crippen LogP contribution in [0.5, 0.6) is 0 Å². The molecule has 1 nitrogen and oxygen atoms in total. The molecule has 2 atom stereocenters. The SMILES string of the molecule is CCCC[C@](C)(C(C)C)[C@H](C)O. The fourth-order valence-corrected chi connectivity index (χ4v) is 1.54. The molecule has 0 amide bonds. The van der Waals surface area contributed by atoms with Crippen LogP contribution >= 0.6 is 0 Å². The molecule has 0 fully saturated rings. The highest BCUT2D eigenvalue weighted by Crippen LogP contribution is 2.36. The van der Waals surface area contributed by atoms with Crippen molar-refractivity contribution in [2.45, 2.75) is 60.0 Å². The molecule has 0 aromatic heterocycles. The maximum atomic E-state index is 9.67. The van der Waals surface area contributed by atoms with Crippen LogP contribution in [0.1, 0.15) is 53.9 Å². The molecular formula is C11H24O. The lowest BCUT2D eigenvalue weighted by Crippen LogP contribution is -2.35. The average Bonchev–Trinajstić information content (AvgIpc) is 1.99. The monoisotopic (exact) mass is 172 g/mol. The molecule has 0 heterocycles. The van der Waals surface area contributed by atoms with Gasteiger partial charge in [0.2, 0.25) is 0 Å². The minimum absolute atomic E-state index is 0.107. The number of hydrogen-bond donors (Lipinski definition) is 1. The second-order valence-corrected chi connectivity index (χ2v) is 4.44. The average molecular weight is 172 g/mol. The molecule has 0 bridgehead atoms. The Balaban J connectivity index is 4.19. The lowest BCUT2D eigenvalue weighted by Gasteiger charge is -2.36. The third kappa shape index (κ3) is 2.78. The Kier molecular flexibility index (Phi) is 4.84. The van der Waals surface area contributed by atoms with Crippen LogP contribution in [0.2, 0.25) is 0 Å². The highest BCUT2D eigenvalue weighted by molar-refractivity contribution is 4.82. The summed E-state index contributed by atoms with van der Waals surface area (Å²) >= 11 is 0. The van der Waals surface area contributed by atoms with E-state index in [1.807, 2.05) is 6.92 Å². The lowest BCUT2D eigenvalue weighted by molar-refractivity contribution is 0.00818. The summed E-state index contributed by atoms with van der Waals surface area (Å²) in [5.74, 6) is 0.559. The van der Waals surface area contributed by atoms with Gasteiger partial charge in [0.1, 0.15) is 0 Å². The van der Waals surface area contributed by atoms with Crippen molar-refractivity contribution in [1.82, 2.24) is 0 Å². The quantitative estimate of drug-likeness (QED) is 0.675. The molecule has 0 aliphatic heterocycles. The highest BCUT2D eigenvalue weighted by atomic mass is 16.3. The van der Waals surface area contributed by atoms with E-state index in [9.17, 15) is 5.11 Å². The molecule has 0 saturated carbocycles. The van der Waals surface area contributed by atoms with Crippen molar-refractivity contribution in [1.29, 1.82) is 0 Å². The van der Waals surface area contributed by atoms with Gasteiger partial charge in [0, 0.05) is 0 Å². The molecule has 0 unspecified atom stereocenters. The van der Waals surface area contributed by atoms with Gasteiger partial charge in [-0.1, -0.05) is 40.5 Å². The Labute approximate surface area is 77.2 Å². The van der Waals surface area contributed by atoms with Gasteiger partial charge in [0.15, 0.2) is 0 Å². The molecule has 1 heteroatoms. The van der Waals surface area contributed by atoms with Crippen molar-refractivity contribution in [3.05, 3.63) is 0 Å². The van der Waals surface area contributed by atoms with Crippen LogP contribution in [0.25, 0.3) is 0 Å². The Bertz CT molecular complexity index is 108. The fourth-order valence-electron chi connectivity index (χ4n) is 1.54. The predicted molar refractivity (Wildman–Crippen MR) is 54.2 cm³/mol. The van der Waals surface area contributed by atoms with E-state index in [2.05, 4.69) is 27.7 Å². The third-order valence-electron chi connectivity index (χ3n) is 3.34.